The van der Waals surface area contributed by atoms with Crippen molar-refractivity contribution in [3.05, 3.63) is 96.1 Å². The van der Waals surface area contributed by atoms with Crippen molar-refractivity contribution in [2.24, 2.45) is 5.10 Å². The lowest BCUT2D eigenvalue weighted by atomic mass is 10.0. The van der Waals surface area contributed by atoms with Gasteiger partial charge in [0.1, 0.15) is 0 Å². The minimum absolute atomic E-state index is 0.207. The van der Waals surface area contributed by atoms with Gasteiger partial charge < -0.3 is 0 Å². The SMILES string of the molecule is CC(=NNC(=O)c1cccc2ccccc12)c1ccc2ccccc2c1. The maximum Gasteiger partial charge on any atom is 0.272 e. The smallest absolute Gasteiger partial charge is 0.267 e. The molecule has 4 rings (SSSR count). The maximum atomic E-state index is 12.6. The highest BCUT2D eigenvalue weighted by Crippen LogP contribution is 2.19. The number of carbonyl (C=O) groups excluding carboxylic acids is 1. The van der Waals surface area contributed by atoms with Crippen molar-refractivity contribution in [2.75, 3.05) is 0 Å². The summed E-state index contributed by atoms with van der Waals surface area (Å²) in [6.45, 7) is 1.90. The molecule has 4 aromatic rings. The van der Waals surface area contributed by atoms with Crippen molar-refractivity contribution < 1.29 is 4.79 Å². The summed E-state index contributed by atoms with van der Waals surface area (Å²) in [5, 5.41) is 8.60. The van der Waals surface area contributed by atoms with Gasteiger partial charge in [-0.05, 0) is 46.2 Å². The van der Waals surface area contributed by atoms with Crippen LogP contribution in [0.1, 0.15) is 22.8 Å². The van der Waals surface area contributed by atoms with Crippen LogP contribution >= 0.6 is 0 Å². The molecule has 126 valence electrons. The maximum absolute atomic E-state index is 12.6. The van der Waals surface area contributed by atoms with Gasteiger partial charge in [-0.25, -0.2) is 5.43 Å². The Morgan fingerprint density at radius 1 is 0.769 bits per heavy atom. The third-order valence-corrected chi connectivity index (χ3v) is 4.53. The number of hydrogen-bond donors (Lipinski definition) is 1. The van der Waals surface area contributed by atoms with E-state index in [2.05, 4.69) is 34.8 Å². The fraction of sp³-hybridized carbons (Fsp3) is 0.0435. The molecule has 1 amide bonds. The van der Waals surface area contributed by atoms with E-state index in [0.29, 0.717) is 5.56 Å². The van der Waals surface area contributed by atoms with Gasteiger partial charge in [0.05, 0.1) is 5.71 Å². The molecule has 26 heavy (non-hydrogen) atoms. The zero-order valence-electron chi connectivity index (χ0n) is 14.4. The van der Waals surface area contributed by atoms with Gasteiger partial charge in [-0.1, -0.05) is 72.8 Å². The van der Waals surface area contributed by atoms with E-state index in [4.69, 9.17) is 0 Å². The highest BCUT2D eigenvalue weighted by atomic mass is 16.2. The Labute approximate surface area is 152 Å². The van der Waals surface area contributed by atoms with Gasteiger partial charge in [0.15, 0.2) is 0 Å². The average Bonchev–Trinajstić information content (AvgIpc) is 2.71. The summed E-state index contributed by atoms with van der Waals surface area (Å²) >= 11 is 0. The van der Waals surface area contributed by atoms with E-state index < -0.39 is 0 Å². The van der Waals surface area contributed by atoms with Crippen LogP contribution in [0.2, 0.25) is 0 Å². The summed E-state index contributed by atoms with van der Waals surface area (Å²) in [4.78, 5) is 12.6. The molecule has 0 aliphatic rings. The van der Waals surface area contributed by atoms with Crippen LogP contribution < -0.4 is 5.43 Å². The van der Waals surface area contributed by atoms with Crippen LogP contribution in [-0.2, 0) is 0 Å². The molecule has 0 aliphatic heterocycles. The standard InChI is InChI=1S/C23H18N2O/c1-16(19-14-13-17-7-2-3-9-20(17)15-19)24-25-23(26)22-12-6-10-18-8-4-5-11-21(18)22/h2-15H,1H3,(H,25,26). The monoisotopic (exact) mass is 338 g/mol. The van der Waals surface area contributed by atoms with E-state index in [-0.39, 0.29) is 5.91 Å². The Bertz CT molecular complexity index is 1140. The van der Waals surface area contributed by atoms with Gasteiger partial charge >= 0.3 is 0 Å². The van der Waals surface area contributed by atoms with Gasteiger partial charge in [0, 0.05) is 5.56 Å². The fourth-order valence-electron chi connectivity index (χ4n) is 3.10. The molecule has 0 bridgehead atoms. The molecule has 0 atom stereocenters. The average molecular weight is 338 g/mol. The van der Waals surface area contributed by atoms with E-state index >= 15 is 0 Å². The number of hydrogen-bond acceptors (Lipinski definition) is 2. The predicted octanol–water partition coefficient (Wildman–Crippen LogP) is 5.15. The molecule has 0 aliphatic carbocycles. The second-order valence-corrected chi connectivity index (χ2v) is 6.23. The van der Waals surface area contributed by atoms with Crippen molar-refractivity contribution in [1.82, 2.24) is 5.43 Å². The first-order valence-electron chi connectivity index (χ1n) is 8.54. The van der Waals surface area contributed by atoms with E-state index in [1.54, 1.807) is 0 Å². The summed E-state index contributed by atoms with van der Waals surface area (Å²) < 4.78 is 0. The minimum Gasteiger partial charge on any atom is -0.267 e. The highest BCUT2D eigenvalue weighted by Gasteiger charge is 2.09. The number of hydrazone groups is 1. The largest absolute Gasteiger partial charge is 0.272 e. The van der Waals surface area contributed by atoms with Crippen LogP contribution in [0.15, 0.2) is 90.0 Å². The van der Waals surface area contributed by atoms with Crippen LogP contribution in [0.25, 0.3) is 21.5 Å². The van der Waals surface area contributed by atoms with Gasteiger partial charge in [-0.2, -0.15) is 5.10 Å². The molecule has 4 aromatic carbocycles. The molecular formula is C23H18N2O. The number of nitrogens with one attached hydrogen (secondary N) is 1. The van der Waals surface area contributed by atoms with Crippen molar-refractivity contribution in [1.29, 1.82) is 0 Å². The van der Waals surface area contributed by atoms with Gasteiger partial charge in [0.2, 0.25) is 0 Å². The second kappa shape index (κ2) is 6.81. The lowest BCUT2D eigenvalue weighted by Gasteiger charge is -2.07. The van der Waals surface area contributed by atoms with E-state index in [9.17, 15) is 4.79 Å². The fourth-order valence-corrected chi connectivity index (χ4v) is 3.10. The minimum atomic E-state index is -0.207. The molecule has 0 unspecified atom stereocenters. The lowest BCUT2D eigenvalue weighted by Crippen LogP contribution is -2.19. The zero-order chi connectivity index (χ0) is 17.9. The first-order valence-corrected chi connectivity index (χ1v) is 8.54. The third kappa shape index (κ3) is 3.07. The topological polar surface area (TPSA) is 41.5 Å². The van der Waals surface area contributed by atoms with E-state index in [0.717, 1.165) is 27.4 Å². The summed E-state index contributed by atoms with van der Waals surface area (Å²) in [6, 6.07) is 27.9. The molecule has 0 radical (unpaired) electrons. The van der Waals surface area contributed by atoms with Crippen LogP contribution in [0.4, 0.5) is 0 Å². The Balaban J connectivity index is 1.60. The molecule has 0 saturated heterocycles. The Kier molecular flexibility index (Phi) is 4.20. The van der Waals surface area contributed by atoms with Crippen molar-refractivity contribution in [2.45, 2.75) is 6.92 Å². The molecule has 0 aromatic heterocycles. The molecule has 1 N–H and O–H groups in total. The molecule has 3 nitrogen and oxygen atoms in total. The number of nitrogens with zero attached hydrogens (tertiary/aromatic N) is 1. The highest BCUT2D eigenvalue weighted by molar-refractivity contribution is 6.08. The second-order valence-electron chi connectivity index (χ2n) is 6.23. The van der Waals surface area contributed by atoms with E-state index in [1.807, 2.05) is 67.6 Å². The van der Waals surface area contributed by atoms with Crippen molar-refractivity contribution in [3.63, 3.8) is 0 Å². The van der Waals surface area contributed by atoms with Crippen LogP contribution in [-0.4, -0.2) is 11.6 Å². The Hall–Kier alpha value is -3.46. The quantitative estimate of drug-likeness (QED) is 0.407. The molecule has 3 heteroatoms. The summed E-state index contributed by atoms with van der Waals surface area (Å²) in [5.74, 6) is -0.207. The normalized spacial score (nSPS) is 11.7. The summed E-state index contributed by atoms with van der Waals surface area (Å²) in [7, 11) is 0. The van der Waals surface area contributed by atoms with Gasteiger partial charge in [0.25, 0.3) is 5.91 Å². The number of fused-ring (bicyclic) bond motifs is 2. The lowest BCUT2D eigenvalue weighted by molar-refractivity contribution is 0.0956. The molecule has 0 saturated carbocycles. The first-order chi connectivity index (χ1) is 12.7. The third-order valence-electron chi connectivity index (χ3n) is 4.53. The molecular weight excluding hydrogens is 320 g/mol. The molecule has 0 fully saturated rings. The Morgan fingerprint density at radius 3 is 2.31 bits per heavy atom. The van der Waals surface area contributed by atoms with Crippen LogP contribution in [0.5, 0.6) is 0 Å². The number of carbonyl (C=O) groups is 1. The molecule has 0 spiro atoms. The zero-order valence-corrected chi connectivity index (χ0v) is 14.4. The number of amides is 1. The van der Waals surface area contributed by atoms with Crippen molar-refractivity contribution in [3.8, 4) is 0 Å². The van der Waals surface area contributed by atoms with Gasteiger partial charge in [-0.3, -0.25) is 4.79 Å². The number of rotatable bonds is 3. The Morgan fingerprint density at radius 2 is 1.46 bits per heavy atom. The summed E-state index contributed by atoms with van der Waals surface area (Å²) in [6.07, 6.45) is 0. The van der Waals surface area contributed by atoms with Gasteiger partial charge in [-0.15, -0.1) is 0 Å². The van der Waals surface area contributed by atoms with Crippen LogP contribution in [0, 0.1) is 0 Å². The first kappa shape index (κ1) is 16.0. The van der Waals surface area contributed by atoms with Crippen molar-refractivity contribution >= 4 is 33.2 Å². The molecule has 0 heterocycles. The van der Waals surface area contributed by atoms with E-state index in [1.165, 1.54) is 5.39 Å². The van der Waals surface area contributed by atoms with Crippen LogP contribution in [0.3, 0.4) is 0 Å². The summed E-state index contributed by atoms with van der Waals surface area (Å²) in [5.41, 5.74) is 5.07. The number of benzene rings is 4. The predicted molar refractivity (Wildman–Crippen MR) is 108 cm³/mol.